The van der Waals surface area contributed by atoms with Crippen molar-refractivity contribution in [2.75, 3.05) is 4.90 Å². The van der Waals surface area contributed by atoms with Crippen LogP contribution in [0.2, 0.25) is 0 Å². The van der Waals surface area contributed by atoms with Crippen molar-refractivity contribution >= 4 is 82.4 Å². The second-order valence-electron chi connectivity index (χ2n) is 15.2. The van der Waals surface area contributed by atoms with Crippen molar-refractivity contribution in [1.29, 1.82) is 0 Å². The minimum Gasteiger partial charge on any atom is -0.454 e. The first-order chi connectivity index (χ1) is 29.3. The molecule has 276 valence electrons. The molecule has 0 aliphatic heterocycles. The van der Waals surface area contributed by atoms with Gasteiger partial charge in [0.25, 0.3) is 0 Å². The van der Waals surface area contributed by atoms with Gasteiger partial charge in [0.2, 0.25) is 0 Å². The summed E-state index contributed by atoms with van der Waals surface area (Å²) in [5, 5.41) is 9.50. The Morgan fingerprint density at radius 2 is 1.02 bits per heavy atom. The van der Waals surface area contributed by atoms with Crippen LogP contribution in [0.4, 0.5) is 17.1 Å². The van der Waals surface area contributed by atoms with E-state index in [1.54, 1.807) is 0 Å². The van der Waals surface area contributed by atoms with E-state index >= 15 is 0 Å². The third-order valence-corrected chi connectivity index (χ3v) is 12.0. The maximum absolute atomic E-state index is 6.74. The second-order valence-corrected chi connectivity index (χ2v) is 15.2. The third kappa shape index (κ3) is 5.22. The van der Waals surface area contributed by atoms with Crippen molar-refractivity contribution in [3.63, 3.8) is 0 Å². The zero-order valence-corrected chi connectivity index (χ0v) is 32.1. The lowest BCUT2D eigenvalue weighted by atomic mass is 9.94. The molecule has 59 heavy (non-hydrogen) atoms. The Bertz CT molecular complexity index is 3560. The summed E-state index contributed by atoms with van der Waals surface area (Å²) in [7, 11) is 0. The van der Waals surface area contributed by atoms with Crippen LogP contribution < -0.4 is 4.90 Å². The summed E-state index contributed by atoms with van der Waals surface area (Å²) in [5.41, 5.74) is 13.1. The van der Waals surface area contributed by atoms with Crippen LogP contribution in [0.3, 0.4) is 0 Å². The highest BCUT2D eigenvalue weighted by atomic mass is 16.3. The van der Waals surface area contributed by atoms with E-state index in [2.05, 4.69) is 222 Å². The lowest BCUT2D eigenvalue weighted by Gasteiger charge is -2.28. The van der Waals surface area contributed by atoms with Gasteiger partial charge in [-0.25, -0.2) is 0 Å². The fraction of sp³-hybridized carbons (Fsp3) is 0. The minimum absolute atomic E-state index is 0.857. The number of furan rings is 1. The van der Waals surface area contributed by atoms with E-state index < -0.39 is 0 Å². The van der Waals surface area contributed by atoms with Crippen LogP contribution in [0.5, 0.6) is 0 Å². The highest BCUT2D eigenvalue weighted by Gasteiger charge is 2.23. The molecular weight excluding hydrogens is 717 g/mol. The van der Waals surface area contributed by atoms with E-state index in [0.717, 1.165) is 61.0 Å². The number of para-hydroxylation sites is 3. The fourth-order valence-electron chi connectivity index (χ4n) is 9.39. The maximum atomic E-state index is 6.74. The summed E-state index contributed by atoms with van der Waals surface area (Å²) in [5.74, 6) is 0. The van der Waals surface area contributed by atoms with Crippen molar-refractivity contribution in [3.8, 4) is 27.9 Å². The molecule has 0 amide bonds. The van der Waals surface area contributed by atoms with Gasteiger partial charge in [-0.1, -0.05) is 170 Å². The van der Waals surface area contributed by atoms with E-state index in [4.69, 9.17) is 4.42 Å². The van der Waals surface area contributed by atoms with E-state index in [9.17, 15) is 0 Å². The van der Waals surface area contributed by atoms with E-state index in [1.165, 1.54) is 49.3 Å². The Balaban J connectivity index is 1.14. The third-order valence-electron chi connectivity index (χ3n) is 12.0. The number of fused-ring (bicyclic) bond motifs is 9. The smallest absolute Gasteiger partial charge is 0.159 e. The molecule has 3 nitrogen and oxygen atoms in total. The van der Waals surface area contributed by atoms with Crippen LogP contribution in [-0.4, -0.2) is 4.57 Å². The Morgan fingerprint density at radius 3 is 1.88 bits per heavy atom. The molecule has 0 N–H and O–H groups in total. The van der Waals surface area contributed by atoms with Crippen LogP contribution in [0.1, 0.15) is 0 Å². The minimum atomic E-state index is 0.857. The highest BCUT2D eigenvalue weighted by Crippen LogP contribution is 2.47. The number of anilines is 3. The molecule has 0 atom stereocenters. The van der Waals surface area contributed by atoms with Gasteiger partial charge >= 0.3 is 0 Å². The molecule has 0 aliphatic carbocycles. The molecule has 3 heteroatoms. The van der Waals surface area contributed by atoms with Crippen molar-refractivity contribution in [3.05, 3.63) is 218 Å². The quantitative estimate of drug-likeness (QED) is 0.169. The summed E-state index contributed by atoms with van der Waals surface area (Å²) in [6.07, 6.45) is 0. The van der Waals surface area contributed by atoms with Gasteiger partial charge in [0.15, 0.2) is 5.58 Å². The van der Waals surface area contributed by atoms with E-state index in [-0.39, 0.29) is 0 Å². The van der Waals surface area contributed by atoms with E-state index in [0.29, 0.717) is 0 Å². The molecular formula is C56H36N2O. The van der Waals surface area contributed by atoms with E-state index in [1.807, 2.05) is 6.07 Å². The van der Waals surface area contributed by atoms with Crippen LogP contribution in [0.15, 0.2) is 223 Å². The molecule has 12 rings (SSSR count). The molecule has 0 radical (unpaired) electrons. The number of aromatic nitrogens is 1. The Hall–Kier alpha value is -7.88. The van der Waals surface area contributed by atoms with Crippen LogP contribution in [-0.2, 0) is 0 Å². The van der Waals surface area contributed by atoms with Gasteiger partial charge in [0.05, 0.1) is 28.1 Å². The van der Waals surface area contributed by atoms with Crippen molar-refractivity contribution in [2.24, 2.45) is 0 Å². The molecule has 0 aliphatic rings. The molecule has 10 aromatic carbocycles. The Labute approximate surface area is 341 Å². The number of benzene rings is 10. The molecule has 0 bridgehead atoms. The predicted molar refractivity (Wildman–Crippen MR) is 249 cm³/mol. The summed E-state index contributed by atoms with van der Waals surface area (Å²) in [4.78, 5) is 2.38. The van der Waals surface area contributed by atoms with Crippen LogP contribution in [0.25, 0.3) is 93.2 Å². The largest absolute Gasteiger partial charge is 0.454 e. The van der Waals surface area contributed by atoms with Gasteiger partial charge in [-0.15, -0.1) is 0 Å². The van der Waals surface area contributed by atoms with Gasteiger partial charge in [-0.3, -0.25) is 0 Å². The molecule has 2 heterocycles. The summed E-state index contributed by atoms with van der Waals surface area (Å²) in [6, 6.07) is 78.6. The van der Waals surface area contributed by atoms with Crippen molar-refractivity contribution in [2.45, 2.75) is 0 Å². The monoisotopic (exact) mass is 752 g/mol. The standard InChI is InChI=1S/C56H36N2O/c1-3-16-37(17-4-1)40-21-11-22-41(36-40)57(52-32-15-28-46-45-23-8-10-33-53(45)59-56(46)52)48-30-13-27-44-43(48)26-14-31-49(44)58-50-29-9-7-24-47(50)55-51(58)35-34-39-20-12-25-42(54(39)55)38-18-5-2-6-19-38/h1-36H. The first-order valence-electron chi connectivity index (χ1n) is 20.2. The summed E-state index contributed by atoms with van der Waals surface area (Å²) >= 11 is 0. The molecule has 0 spiro atoms. The lowest BCUT2D eigenvalue weighted by Crippen LogP contribution is -2.11. The fourth-order valence-corrected chi connectivity index (χ4v) is 9.39. The predicted octanol–water partition coefficient (Wildman–Crippen LogP) is 15.8. The number of hydrogen-bond acceptors (Lipinski definition) is 2. The molecule has 0 unspecified atom stereocenters. The molecule has 0 fully saturated rings. The first kappa shape index (κ1) is 33.3. The second kappa shape index (κ2) is 13.4. The average molecular weight is 753 g/mol. The van der Waals surface area contributed by atoms with Crippen molar-refractivity contribution in [1.82, 2.24) is 4.57 Å². The molecule has 0 saturated heterocycles. The average Bonchev–Trinajstić information content (AvgIpc) is 3.86. The van der Waals surface area contributed by atoms with Crippen molar-refractivity contribution < 1.29 is 4.42 Å². The highest BCUT2D eigenvalue weighted by molar-refractivity contribution is 6.25. The number of rotatable bonds is 6. The number of hydrogen-bond donors (Lipinski definition) is 0. The Kier molecular flexibility index (Phi) is 7.54. The molecule has 0 saturated carbocycles. The van der Waals surface area contributed by atoms with Gasteiger partial charge in [0.1, 0.15) is 5.58 Å². The lowest BCUT2D eigenvalue weighted by molar-refractivity contribution is 0.669. The van der Waals surface area contributed by atoms with Gasteiger partial charge in [-0.2, -0.15) is 0 Å². The van der Waals surface area contributed by atoms with Gasteiger partial charge in [0, 0.05) is 38.0 Å². The van der Waals surface area contributed by atoms with Crippen LogP contribution in [0, 0.1) is 0 Å². The number of nitrogens with zero attached hydrogens (tertiary/aromatic N) is 2. The Morgan fingerprint density at radius 1 is 0.373 bits per heavy atom. The molecule has 2 aromatic heterocycles. The van der Waals surface area contributed by atoms with Crippen LogP contribution >= 0.6 is 0 Å². The van der Waals surface area contributed by atoms with Gasteiger partial charge in [-0.05, 0) is 81.6 Å². The SMILES string of the molecule is c1ccc(-c2cccc(N(c3cccc4c(-n5c6ccccc6c6c7c(-c8ccccc8)cccc7ccc65)cccc34)c3cccc4c3oc3ccccc34)c2)cc1. The normalized spacial score (nSPS) is 11.7. The molecule has 12 aromatic rings. The van der Waals surface area contributed by atoms with Gasteiger partial charge < -0.3 is 13.9 Å². The first-order valence-corrected chi connectivity index (χ1v) is 20.2. The summed E-state index contributed by atoms with van der Waals surface area (Å²) < 4.78 is 9.21. The summed E-state index contributed by atoms with van der Waals surface area (Å²) in [6.45, 7) is 0. The topological polar surface area (TPSA) is 21.3 Å². The zero-order valence-electron chi connectivity index (χ0n) is 32.1. The zero-order chi connectivity index (χ0) is 38.9. The maximum Gasteiger partial charge on any atom is 0.159 e.